The van der Waals surface area contributed by atoms with E-state index in [2.05, 4.69) is 15.0 Å². The lowest BCUT2D eigenvalue weighted by atomic mass is 10.4. The number of esters is 1. The second-order valence-electron chi connectivity index (χ2n) is 1.79. The number of ether oxygens (including phenoxy) is 1. The summed E-state index contributed by atoms with van der Waals surface area (Å²) in [5.41, 5.74) is -0.373. The van der Waals surface area contributed by atoms with Gasteiger partial charge >= 0.3 is 11.8 Å². The highest BCUT2D eigenvalue weighted by molar-refractivity contribution is 5.92. The number of carbonyl (C=O) groups is 1. The molecule has 0 aromatic rings. The van der Waals surface area contributed by atoms with Gasteiger partial charge in [0.1, 0.15) is 0 Å². The fourth-order valence-corrected chi connectivity index (χ4v) is 0.634. The molecule has 0 aromatic heterocycles. The van der Waals surface area contributed by atoms with Crippen molar-refractivity contribution in [3.05, 3.63) is 21.6 Å². The van der Waals surface area contributed by atoms with Gasteiger partial charge in [-0.3, -0.25) is 0 Å². The number of aliphatic imine (C=N–C) groups is 1. The first kappa shape index (κ1) is 8.18. The minimum Gasteiger partial charge on any atom is -0.464 e. The van der Waals surface area contributed by atoms with Crippen molar-refractivity contribution in [2.45, 2.75) is 0 Å². The molecule has 0 saturated heterocycles. The molecule has 1 radical (unpaired) electrons. The number of nitro groups is 1. The van der Waals surface area contributed by atoms with E-state index in [-0.39, 0.29) is 5.70 Å². The van der Waals surface area contributed by atoms with Crippen molar-refractivity contribution in [2.24, 2.45) is 4.99 Å². The minimum absolute atomic E-state index is 0.373. The topological polar surface area (TPSA) is 95.9 Å². The van der Waals surface area contributed by atoms with Crippen LogP contribution in [0.3, 0.4) is 0 Å². The van der Waals surface area contributed by atoms with Gasteiger partial charge in [0.2, 0.25) is 12.0 Å². The van der Waals surface area contributed by atoms with Crippen LogP contribution in [-0.2, 0) is 9.53 Å². The molecule has 12 heavy (non-hydrogen) atoms. The smallest absolute Gasteiger partial charge is 0.398 e. The average molecular weight is 170 g/mol. The van der Waals surface area contributed by atoms with Crippen LogP contribution < -0.4 is 5.32 Å². The van der Waals surface area contributed by atoms with Gasteiger partial charge in [0.15, 0.2) is 0 Å². The monoisotopic (exact) mass is 170 g/mol. The van der Waals surface area contributed by atoms with Gasteiger partial charge < -0.3 is 14.9 Å². The fraction of sp³-hybridized carbons (Fsp3) is 0.200. The highest BCUT2D eigenvalue weighted by Crippen LogP contribution is 2.10. The molecule has 1 aliphatic heterocycles. The van der Waals surface area contributed by atoms with Gasteiger partial charge in [-0.1, -0.05) is 0 Å². The Hall–Kier alpha value is -1.92. The first-order valence-electron chi connectivity index (χ1n) is 2.87. The Morgan fingerprint density at radius 2 is 2.42 bits per heavy atom. The van der Waals surface area contributed by atoms with Gasteiger partial charge in [-0.2, -0.15) is 4.99 Å². The van der Waals surface area contributed by atoms with E-state index in [0.717, 1.165) is 13.4 Å². The summed E-state index contributed by atoms with van der Waals surface area (Å²) >= 11 is 0. The normalized spacial score (nSPS) is 14.4. The van der Waals surface area contributed by atoms with E-state index in [0.29, 0.717) is 0 Å². The number of carbonyl (C=O) groups excluding carboxylic acids is 1. The molecule has 0 saturated carbocycles. The molecule has 0 bridgehead atoms. The van der Waals surface area contributed by atoms with Crippen LogP contribution in [0.2, 0.25) is 0 Å². The predicted molar refractivity (Wildman–Crippen MR) is 36.7 cm³/mol. The molecular weight excluding hydrogens is 166 g/mol. The van der Waals surface area contributed by atoms with Gasteiger partial charge in [0, 0.05) is 0 Å². The summed E-state index contributed by atoms with van der Waals surface area (Å²) < 4.78 is 4.24. The lowest BCUT2D eigenvalue weighted by Crippen LogP contribution is -2.12. The predicted octanol–water partition coefficient (Wildman–Crippen LogP) is -0.749. The SMILES string of the molecule is COC(=O)C1=C([N+](=O)[O-])[N]C=N1. The maximum atomic E-state index is 10.8. The molecule has 0 aliphatic carbocycles. The molecule has 0 unspecified atom stereocenters. The fourth-order valence-electron chi connectivity index (χ4n) is 0.634. The Morgan fingerprint density at radius 1 is 1.75 bits per heavy atom. The zero-order valence-corrected chi connectivity index (χ0v) is 6.05. The zero-order valence-electron chi connectivity index (χ0n) is 6.05. The Kier molecular flexibility index (Phi) is 2.04. The summed E-state index contributed by atoms with van der Waals surface area (Å²) in [7, 11) is 1.11. The maximum absolute atomic E-state index is 10.8. The van der Waals surface area contributed by atoms with Crippen LogP contribution in [0, 0.1) is 10.1 Å². The van der Waals surface area contributed by atoms with Gasteiger partial charge in [-0.05, 0) is 10.2 Å². The van der Waals surface area contributed by atoms with Crippen LogP contribution in [0.1, 0.15) is 0 Å². The van der Waals surface area contributed by atoms with Crippen molar-refractivity contribution in [3.8, 4) is 0 Å². The summed E-state index contributed by atoms with van der Waals surface area (Å²) in [5.74, 6) is -1.44. The maximum Gasteiger partial charge on any atom is 0.398 e. The van der Waals surface area contributed by atoms with Gasteiger partial charge in [-0.25, -0.2) is 4.79 Å². The van der Waals surface area contributed by atoms with Gasteiger partial charge in [-0.15, -0.1) is 0 Å². The first-order valence-corrected chi connectivity index (χ1v) is 2.87. The van der Waals surface area contributed by atoms with Crippen molar-refractivity contribution < 1.29 is 14.5 Å². The summed E-state index contributed by atoms with van der Waals surface area (Å²) in [6.07, 6.45) is 0.935. The third-order valence-corrected chi connectivity index (χ3v) is 1.13. The number of nitrogens with zero attached hydrogens (tertiary/aromatic N) is 3. The van der Waals surface area contributed by atoms with Gasteiger partial charge in [0.05, 0.1) is 7.11 Å². The summed E-state index contributed by atoms with van der Waals surface area (Å²) in [6, 6.07) is 0. The average Bonchev–Trinajstić information content (AvgIpc) is 2.50. The van der Waals surface area contributed by atoms with Crippen molar-refractivity contribution in [2.75, 3.05) is 7.11 Å². The summed E-state index contributed by atoms with van der Waals surface area (Å²) in [5, 5.41) is 13.5. The standard InChI is InChI=1S/C5H4N3O4/c1-12-5(9)3-4(8(10)11)7-2-6-3/h2H,1H3. The van der Waals surface area contributed by atoms with Crippen molar-refractivity contribution in [3.63, 3.8) is 0 Å². The second-order valence-corrected chi connectivity index (χ2v) is 1.79. The molecule has 7 heteroatoms. The third-order valence-electron chi connectivity index (χ3n) is 1.13. The van der Waals surface area contributed by atoms with E-state index in [9.17, 15) is 14.9 Å². The van der Waals surface area contributed by atoms with E-state index in [1.54, 1.807) is 0 Å². The molecule has 0 spiro atoms. The van der Waals surface area contributed by atoms with Gasteiger partial charge in [0.25, 0.3) is 0 Å². The van der Waals surface area contributed by atoms with E-state index in [1.807, 2.05) is 0 Å². The Balaban J connectivity index is 2.97. The Morgan fingerprint density at radius 3 is 2.92 bits per heavy atom. The Labute approximate surface area is 66.9 Å². The molecule has 0 atom stereocenters. The molecule has 1 rings (SSSR count). The number of hydrogen-bond acceptors (Lipinski definition) is 5. The quantitative estimate of drug-likeness (QED) is 0.309. The summed E-state index contributed by atoms with van der Waals surface area (Å²) in [6.45, 7) is 0. The second kappa shape index (κ2) is 2.99. The number of methoxy groups -OCH3 is 1. The number of hydrogen-bond donors (Lipinski definition) is 0. The van der Waals surface area contributed by atoms with Crippen LogP contribution in [0.15, 0.2) is 16.5 Å². The molecular formula is C5H4N3O4. The van der Waals surface area contributed by atoms with E-state index >= 15 is 0 Å². The minimum atomic E-state index is -0.862. The largest absolute Gasteiger partial charge is 0.464 e. The molecule has 0 fully saturated rings. The summed E-state index contributed by atoms with van der Waals surface area (Å²) in [4.78, 5) is 23.6. The lowest BCUT2D eigenvalue weighted by Gasteiger charge is -1.94. The highest BCUT2D eigenvalue weighted by atomic mass is 16.6. The van der Waals surface area contributed by atoms with Crippen LogP contribution in [0.5, 0.6) is 0 Å². The highest BCUT2D eigenvalue weighted by Gasteiger charge is 2.30. The first-order chi connectivity index (χ1) is 5.66. The van der Waals surface area contributed by atoms with Crippen molar-refractivity contribution in [1.82, 2.24) is 5.32 Å². The van der Waals surface area contributed by atoms with E-state index in [4.69, 9.17) is 0 Å². The van der Waals surface area contributed by atoms with Crippen LogP contribution in [0.25, 0.3) is 0 Å². The lowest BCUT2D eigenvalue weighted by molar-refractivity contribution is -0.430. The Bertz CT molecular complexity index is 293. The number of rotatable bonds is 2. The van der Waals surface area contributed by atoms with Crippen LogP contribution in [-0.4, -0.2) is 24.3 Å². The van der Waals surface area contributed by atoms with Crippen LogP contribution >= 0.6 is 0 Å². The van der Waals surface area contributed by atoms with Crippen molar-refractivity contribution in [1.29, 1.82) is 0 Å². The molecule has 0 aromatic carbocycles. The van der Waals surface area contributed by atoms with Crippen molar-refractivity contribution >= 4 is 12.3 Å². The van der Waals surface area contributed by atoms with Crippen LogP contribution in [0.4, 0.5) is 0 Å². The van der Waals surface area contributed by atoms with E-state index in [1.165, 1.54) is 0 Å². The molecule has 0 amide bonds. The zero-order chi connectivity index (χ0) is 9.14. The molecule has 1 aliphatic rings. The third kappa shape index (κ3) is 1.24. The molecule has 0 N–H and O–H groups in total. The molecule has 1 heterocycles. The molecule has 63 valence electrons. The van der Waals surface area contributed by atoms with E-state index < -0.39 is 16.7 Å². The molecule has 7 nitrogen and oxygen atoms in total.